The maximum absolute atomic E-state index is 5.81. The summed E-state index contributed by atoms with van der Waals surface area (Å²) in [6, 6.07) is 12.2. The van der Waals surface area contributed by atoms with Crippen LogP contribution in [0.5, 0.6) is 0 Å². The van der Waals surface area contributed by atoms with E-state index in [2.05, 4.69) is 22.1 Å². The molecule has 0 amide bonds. The summed E-state index contributed by atoms with van der Waals surface area (Å²) in [6.45, 7) is 0.682. The van der Waals surface area contributed by atoms with Crippen LogP contribution in [-0.4, -0.2) is 16.6 Å². The van der Waals surface area contributed by atoms with Gasteiger partial charge in [0.25, 0.3) is 0 Å². The Morgan fingerprint density at radius 2 is 2.06 bits per heavy atom. The number of hydrogen-bond acceptors (Lipinski definition) is 4. The minimum atomic E-state index is 0.178. The first-order valence-corrected chi connectivity index (χ1v) is 6.18. The number of nitrogens with zero attached hydrogens (tertiary/aromatic N) is 3. The van der Waals surface area contributed by atoms with E-state index in [9.17, 15) is 0 Å². The second-order valence-corrected chi connectivity index (χ2v) is 4.40. The maximum atomic E-state index is 5.81. The van der Waals surface area contributed by atoms with Crippen LogP contribution in [0.1, 0.15) is 18.0 Å². The van der Waals surface area contributed by atoms with Crippen LogP contribution in [0, 0.1) is 0 Å². The molecule has 0 N–H and O–H groups in total. The Bertz CT molecular complexity index is 535. The Kier molecular flexibility index (Phi) is 3.13. The minimum Gasteiger partial charge on any atom is -0.271 e. The van der Waals surface area contributed by atoms with Crippen molar-refractivity contribution >= 4 is 17.4 Å². The molecule has 0 spiro atoms. The molecule has 1 saturated heterocycles. The third-order valence-corrected chi connectivity index (χ3v) is 3.11. The molecule has 1 atom stereocenters. The Hall–Kier alpha value is -1.65. The van der Waals surface area contributed by atoms with Crippen LogP contribution in [0.25, 0.3) is 0 Å². The molecule has 1 fully saturated rings. The Morgan fingerprint density at radius 1 is 1.22 bits per heavy atom. The van der Waals surface area contributed by atoms with E-state index in [4.69, 9.17) is 16.4 Å². The molecule has 2 aromatic rings. The van der Waals surface area contributed by atoms with Gasteiger partial charge in [0, 0.05) is 18.7 Å². The summed E-state index contributed by atoms with van der Waals surface area (Å²) in [5.41, 5.74) is 1.21. The summed E-state index contributed by atoms with van der Waals surface area (Å²) < 4.78 is 0. The summed E-state index contributed by atoms with van der Waals surface area (Å²) in [7, 11) is 0. The van der Waals surface area contributed by atoms with E-state index in [-0.39, 0.29) is 11.3 Å². The number of anilines is 1. The Balaban J connectivity index is 1.92. The van der Waals surface area contributed by atoms with Crippen LogP contribution >= 0.6 is 11.6 Å². The van der Waals surface area contributed by atoms with E-state index in [0.29, 0.717) is 12.4 Å². The number of rotatable bonds is 2. The van der Waals surface area contributed by atoms with Gasteiger partial charge in [0.1, 0.15) is 0 Å². The SMILES string of the molecule is Clc1nccc(N2OCC[C@H]2c2ccccc2)n1. The van der Waals surface area contributed by atoms with Crippen molar-refractivity contribution in [3.63, 3.8) is 0 Å². The lowest BCUT2D eigenvalue weighted by atomic mass is 10.0. The van der Waals surface area contributed by atoms with Crippen LogP contribution in [0.4, 0.5) is 5.82 Å². The fourth-order valence-corrected chi connectivity index (χ4v) is 2.26. The van der Waals surface area contributed by atoms with Gasteiger partial charge in [-0.15, -0.1) is 0 Å². The largest absolute Gasteiger partial charge is 0.271 e. The lowest BCUT2D eigenvalue weighted by Gasteiger charge is -2.23. The molecule has 1 aromatic carbocycles. The first-order valence-electron chi connectivity index (χ1n) is 5.80. The van der Waals surface area contributed by atoms with Crippen LogP contribution in [0.2, 0.25) is 5.28 Å². The van der Waals surface area contributed by atoms with E-state index in [1.54, 1.807) is 12.3 Å². The molecule has 0 unspecified atom stereocenters. The third kappa shape index (κ3) is 2.17. The van der Waals surface area contributed by atoms with Crippen LogP contribution in [-0.2, 0) is 4.84 Å². The van der Waals surface area contributed by atoms with Crippen molar-refractivity contribution in [3.8, 4) is 0 Å². The van der Waals surface area contributed by atoms with Gasteiger partial charge in [-0.1, -0.05) is 30.3 Å². The monoisotopic (exact) mass is 261 g/mol. The number of halogens is 1. The van der Waals surface area contributed by atoms with E-state index in [1.807, 2.05) is 23.3 Å². The van der Waals surface area contributed by atoms with Gasteiger partial charge in [-0.2, -0.15) is 4.98 Å². The fraction of sp³-hybridized carbons (Fsp3) is 0.231. The molecule has 1 aliphatic heterocycles. The fourth-order valence-electron chi connectivity index (χ4n) is 2.12. The van der Waals surface area contributed by atoms with Gasteiger partial charge in [-0.25, -0.2) is 10.0 Å². The summed E-state index contributed by atoms with van der Waals surface area (Å²) in [4.78, 5) is 13.7. The molecule has 4 nitrogen and oxygen atoms in total. The predicted molar refractivity (Wildman–Crippen MR) is 69.3 cm³/mol. The van der Waals surface area contributed by atoms with E-state index >= 15 is 0 Å². The zero-order valence-electron chi connectivity index (χ0n) is 9.66. The van der Waals surface area contributed by atoms with E-state index < -0.39 is 0 Å². The second kappa shape index (κ2) is 4.92. The number of benzene rings is 1. The minimum absolute atomic E-state index is 0.178. The quantitative estimate of drug-likeness (QED) is 0.779. The lowest BCUT2D eigenvalue weighted by molar-refractivity contribution is 0.157. The average molecular weight is 262 g/mol. The average Bonchev–Trinajstić information content (AvgIpc) is 2.89. The van der Waals surface area contributed by atoms with E-state index in [0.717, 1.165) is 6.42 Å². The van der Waals surface area contributed by atoms with Crippen molar-refractivity contribution < 1.29 is 4.84 Å². The number of aromatic nitrogens is 2. The van der Waals surface area contributed by atoms with Gasteiger partial charge in [0.15, 0.2) is 5.82 Å². The van der Waals surface area contributed by atoms with Crippen molar-refractivity contribution in [3.05, 3.63) is 53.4 Å². The summed E-state index contributed by atoms with van der Waals surface area (Å²) in [5.74, 6) is 0.696. The molecule has 92 valence electrons. The van der Waals surface area contributed by atoms with Crippen LogP contribution < -0.4 is 5.06 Å². The highest BCUT2D eigenvalue weighted by Crippen LogP contribution is 2.33. The topological polar surface area (TPSA) is 38.2 Å². The molecule has 0 saturated carbocycles. The van der Waals surface area contributed by atoms with Crippen LogP contribution in [0.15, 0.2) is 42.6 Å². The standard InChI is InChI=1S/C13H12ClN3O/c14-13-15-8-6-12(16-13)17-11(7-9-18-17)10-4-2-1-3-5-10/h1-6,8,11H,7,9H2/t11-/m0/s1. The zero-order valence-corrected chi connectivity index (χ0v) is 10.4. The molecule has 18 heavy (non-hydrogen) atoms. The van der Waals surface area contributed by atoms with Crippen molar-refractivity contribution in [1.82, 2.24) is 9.97 Å². The first kappa shape index (κ1) is 11.4. The lowest BCUT2D eigenvalue weighted by Crippen LogP contribution is -2.22. The zero-order chi connectivity index (χ0) is 12.4. The summed E-state index contributed by atoms with van der Waals surface area (Å²) in [6.07, 6.45) is 2.57. The molecule has 1 aromatic heterocycles. The highest BCUT2D eigenvalue weighted by atomic mass is 35.5. The molecule has 1 aliphatic rings. The van der Waals surface area contributed by atoms with Crippen molar-refractivity contribution in [2.45, 2.75) is 12.5 Å². The van der Waals surface area contributed by atoms with Crippen molar-refractivity contribution in [1.29, 1.82) is 0 Å². The van der Waals surface area contributed by atoms with E-state index in [1.165, 1.54) is 5.56 Å². The van der Waals surface area contributed by atoms with Gasteiger partial charge in [-0.05, 0) is 17.2 Å². The highest BCUT2D eigenvalue weighted by molar-refractivity contribution is 6.28. The Morgan fingerprint density at radius 3 is 2.83 bits per heavy atom. The molecule has 0 bridgehead atoms. The van der Waals surface area contributed by atoms with Gasteiger partial charge >= 0.3 is 0 Å². The second-order valence-electron chi connectivity index (χ2n) is 4.06. The molecule has 0 aliphatic carbocycles. The summed E-state index contributed by atoms with van der Waals surface area (Å²) >= 11 is 5.81. The molecule has 2 heterocycles. The normalized spacial score (nSPS) is 19.2. The predicted octanol–water partition coefficient (Wildman–Crippen LogP) is 3.01. The van der Waals surface area contributed by atoms with Crippen LogP contribution in [0.3, 0.4) is 0 Å². The molecule has 3 rings (SSSR count). The van der Waals surface area contributed by atoms with Crippen molar-refractivity contribution in [2.75, 3.05) is 11.7 Å². The molecule has 5 heteroatoms. The molecular formula is C13H12ClN3O. The number of hydroxylamine groups is 1. The van der Waals surface area contributed by atoms with Gasteiger partial charge in [0.05, 0.1) is 12.6 Å². The van der Waals surface area contributed by atoms with Gasteiger partial charge in [0.2, 0.25) is 5.28 Å². The van der Waals surface area contributed by atoms with Crippen molar-refractivity contribution in [2.24, 2.45) is 0 Å². The van der Waals surface area contributed by atoms with Gasteiger partial charge < -0.3 is 0 Å². The third-order valence-electron chi connectivity index (χ3n) is 2.93. The maximum Gasteiger partial charge on any atom is 0.224 e. The smallest absolute Gasteiger partial charge is 0.224 e. The first-order chi connectivity index (χ1) is 8.84. The molecule has 0 radical (unpaired) electrons. The van der Waals surface area contributed by atoms with Gasteiger partial charge in [-0.3, -0.25) is 4.84 Å². The number of hydrogen-bond donors (Lipinski definition) is 0. The summed E-state index contributed by atoms with van der Waals surface area (Å²) in [5, 5.41) is 2.04. The Labute approximate surface area is 110 Å². The molecular weight excluding hydrogens is 250 g/mol. The highest BCUT2D eigenvalue weighted by Gasteiger charge is 2.28.